The van der Waals surface area contributed by atoms with E-state index in [9.17, 15) is 4.79 Å². The first-order valence-electron chi connectivity index (χ1n) is 5.79. The SMILES string of the molecule is Cc1ccc(C(C)NC(=O)c2cc(Cl)ccc2Br)o1. The molecule has 2 aromatic rings. The molecule has 1 heterocycles. The van der Waals surface area contributed by atoms with Gasteiger partial charge in [-0.2, -0.15) is 0 Å². The minimum atomic E-state index is -0.202. The molecule has 1 unspecified atom stereocenters. The molecule has 0 aliphatic heterocycles. The van der Waals surface area contributed by atoms with Crippen LogP contribution < -0.4 is 5.32 Å². The van der Waals surface area contributed by atoms with E-state index in [2.05, 4.69) is 21.2 Å². The second-order valence-electron chi connectivity index (χ2n) is 4.27. The summed E-state index contributed by atoms with van der Waals surface area (Å²) in [6.45, 7) is 3.74. The number of furan rings is 1. The maximum absolute atomic E-state index is 12.2. The van der Waals surface area contributed by atoms with Gasteiger partial charge in [0.05, 0.1) is 11.6 Å². The molecular weight excluding hydrogens is 330 g/mol. The third-order valence-corrected chi connectivity index (χ3v) is 3.64. The van der Waals surface area contributed by atoms with Crippen molar-refractivity contribution in [3.05, 3.63) is 56.9 Å². The van der Waals surface area contributed by atoms with E-state index < -0.39 is 0 Å². The lowest BCUT2D eigenvalue weighted by atomic mass is 10.2. The van der Waals surface area contributed by atoms with Crippen LogP contribution in [0.1, 0.15) is 34.8 Å². The molecule has 1 amide bonds. The Bertz CT molecular complexity index is 609. The standard InChI is InChI=1S/C14H13BrClNO2/c1-8-3-6-13(19-8)9(2)17-14(18)11-7-10(16)4-5-12(11)15/h3-7,9H,1-2H3,(H,17,18). The fourth-order valence-electron chi connectivity index (χ4n) is 1.70. The van der Waals surface area contributed by atoms with Crippen LogP contribution in [-0.4, -0.2) is 5.91 Å². The lowest BCUT2D eigenvalue weighted by Gasteiger charge is -2.12. The lowest BCUT2D eigenvalue weighted by molar-refractivity contribution is 0.0934. The molecule has 1 N–H and O–H groups in total. The maximum atomic E-state index is 12.2. The van der Waals surface area contributed by atoms with Crippen molar-refractivity contribution in [2.24, 2.45) is 0 Å². The molecule has 1 aromatic carbocycles. The average Bonchev–Trinajstić information content (AvgIpc) is 2.79. The van der Waals surface area contributed by atoms with E-state index in [-0.39, 0.29) is 11.9 Å². The molecule has 0 saturated heterocycles. The monoisotopic (exact) mass is 341 g/mol. The van der Waals surface area contributed by atoms with Crippen molar-refractivity contribution in [2.45, 2.75) is 19.9 Å². The third-order valence-electron chi connectivity index (χ3n) is 2.71. The number of carbonyl (C=O) groups is 1. The van der Waals surface area contributed by atoms with Crippen molar-refractivity contribution in [1.82, 2.24) is 5.32 Å². The van der Waals surface area contributed by atoms with Crippen LogP contribution in [0.4, 0.5) is 0 Å². The first kappa shape index (κ1) is 14.2. The first-order valence-corrected chi connectivity index (χ1v) is 6.96. The van der Waals surface area contributed by atoms with E-state index in [0.29, 0.717) is 15.1 Å². The Balaban J connectivity index is 2.15. The van der Waals surface area contributed by atoms with Crippen LogP contribution in [0, 0.1) is 6.92 Å². The van der Waals surface area contributed by atoms with Crippen molar-refractivity contribution in [3.8, 4) is 0 Å². The predicted molar refractivity (Wildman–Crippen MR) is 78.5 cm³/mol. The zero-order chi connectivity index (χ0) is 14.0. The van der Waals surface area contributed by atoms with Gasteiger partial charge in [-0.1, -0.05) is 11.6 Å². The highest BCUT2D eigenvalue weighted by Gasteiger charge is 2.16. The van der Waals surface area contributed by atoms with Crippen molar-refractivity contribution >= 4 is 33.4 Å². The molecular formula is C14H13BrClNO2. The number of aryl methyl sites for hydroxylation is 1. The van der Waals surface area contributed by atoms with Crippen LogP contribution >= 0.6 is 27.5 Å². The predicted octanol–water partition coefficient (Wildman–Crippen LogP) is 4.49. The highest BCUT2D eigenvalue weighted by Crippen LogP contribution is 2.22. The second kappa shape index (κ2) is 5.80. The number of hydrogen-bond donors (Lipinski definition) is 1. The highest BCUT2D eigenvalue weighted by atomic mass is 79.9. The molecule has 1 aromatic heterocycles. The molecule has 19 heavy (non-hydrogen) atoms. The van der Waals surface area contributed by atoms with Crippen molar-refractivity contribution in [1.29, 1.82) is 0 Å². The maximum Gasteiger partial charge on any atom is 0.253 e. The van der Waals surface area contributed by atoms with E-state index in [1.165, 1.54) is 0 Å². The quantitative estimate of drug-likeness (QED) is 0.892. The number of benzene rings is 1. The van der Waals surface area contributed by atoms with Gasteiger partial charge in [-0.05, 0) is 60.1 Å². The number of carbonyl (C=O) groups excluding carboxylic acids is 1. The average molecular weight is 343 g/mol. The minimum Gasteiger partial charge on any atom is -0.464 e. The van der Waals surface area contributed by atoms with Crippen molar-refractivity contribution in [3.63, 3.8) is 0 Å². The highest BCUT2D eigenvalue weighted by molar-refractivity contribution is 9.10. The summed E-state index contributed by atoms with van der Waals surface area (Å²) in [4.78, 5) is 12.2. The number of nitrogens with one attached hydrogen (secondary N) is 1. The van der Waals surface area contributed by atoms with Gasteiger partial charge < -0.3 is 9.73 Å². The van der Waals surface area contributed by atoms with Gasteiger partial charge in [-0.15, -0.1) is 0 Å². The molecule has 100 valence electrons. The summed E-state index contributed by atoms with van der Waals surface area (Å²) in [6, 6.07) is 8.62. The van der Waals surface area contributed by atoms with Crippen LogP contribution in [0.3, 0.4) is 0 Å². The van der Waals surface area contributed by atoms with Crippen LogP contribution in [0.5, 0.6) is 0 Å². The Morgan fingerprint density at radius 2 is 2.11 bits per heavy atom. The summed E-state index contributed by atoms with van der Waals surface area (Å²) in [5.74, 6) is 1.35. The Kier molecular flexibility index (Phi) is 4.32. The molecule has 0 aliphatic carbocycles. The molecule has 0 saturated carbocycles. The molecule has 2 rings (SSSR count). The Labute approximate surface area is 125 Å². The molecule has 0 radical (unpaired) electrons. The van der Waals surface area contributed by atoms with Gasteiger partial charge in [0.15, 0.2) is 0 Å². The number of rotatable bonds is 3. The molecule has 0 bridgehead atoms. The Morgan fingerprint density at radius 3 is 2.74 bits per heavy atom. The first-order chi connectivity index (χ1) is 8.97. The van der Waals surface area contributed by atoms with Gasteiger partial charge >= 0.3 is 0 Å². The van der Waals surface area contributed by atoms with E-state index in [4.69, 9.17) is 16.0 Å². The van der Waals surface area contributed by atoms with Gasteiger partial charge in [-0.25, -0.2) is 0 Å². The topological polar surface area (TPSA) is 42.2 Å². The summed E-state index contributed by atoms with van der Waals surface area (Å²) >= 11 is 9.24. The molecule has 0 aliphatic rings. The molecule has 5 heteroatoms. The van der Waals surface area contributed by atoms with Crippen molar-refractivity contribution < 1.29 is 9.21 Å². The zero-order valence-corrected chi connectivity index (χ0v) is 12.9. The minimum absolute atomic E-state index is 0.198. The lowest BCUT2D eigenvalue weighted by Crippen LogP contribution is -2.26. The second-order valence-corrected chi connectivity index (χ2v) is 5.56. The van der Waals surface area contributed by atoms with Gasteiger partial charge in [0.25, 0.3) is 5.91 Å². The Hall–Kier alpha value is -1.26. The summed E-state index contributed by atoms with van der Waals surface area (Å²) in [5, 5.41) is 3.40. The molecule has 3 nitrogen and oxygen atoms in total. The summed E-state index contributed by atoms with van der Waals surface area (Å²) in [5.41, 5.74) is 0.502. The molecule has 0 spiro atoms. The number of amides is 1. The van der Waals surface area contributed by atoms with Crippen molar-refractivity contribution in [2.75, 3.05) is 0 Å². The van der Waals surface area contributed by atoms with Crippen LogP contribution in [0.25, 0.3) is 0 Å². The largest absolute Gasteiger partial charge is 0.464 e. The van der Waals surface area contributed by atoms with E-state index in [1.807, 2.05) is 26.0 Å². The normalized spacial score (nSPS) is 12.2. The number of hydrogen-bond acceptors (Lipinski definition) is 2. The summed E-state index contributed by atoms with van der Waals surface area (Å²) in [7, 11) is 0. The molecule has 0 fully saturated rings. The van der Waals surface area contributed by atoms with E-state index in [1.54, 1.807) is 18.2 Å². The fraction of sp³-hybridized carbons (Fsp3) is 0.214. The molecule has 1 atom stereocenters. The third kappa shape index (κ3) is 3.39. The van der Waals surface area contributed by atoms with Crippen LogP contribution in [-0.2, 0) is 0 Å². The summed E-state index contributed by atoms with van der Waals surface area (Å²) in [6.07, 6.45) is 0. The van der Waals surface area contributed by atoms with Gasteiger partial charge in [-0.3, -0.25) is 4.79 Å². The Morgan fingerprint density at radius 1 is 1.37 bits per heavy atom. The summed E-state index contributed by atoms with van der Waals surface area (Å²) < 4.78 is 6.19. The van der Waals surface area contributed by atoms with Crippen LogP contribution in [0.2, 0.25) is 5.02 Å². The number of halogens is 2. The van der Waals surface area contributed by atoms with Gasteiger partial charge in [0, 0.05) is 9.50 Å². The fourth-order valence-corrected chi connectivity index (χ4v) is 2.30. The smallest absolute Gasteiger partial charge is 0.253 e. The van der Waals surface area contributed by atoms with Gasteiger partial charge in [0.1, 0.15) is 11.5 Å². The van der Waals surface area contributed by atoms with Gasteiger partial charge in [0.2, 0.25) is 0 Å². The van der Waals surface area contributed by atoms with Crippen LogP contribution in [0.15, 0.2) is 39.2 Å². The van der Waals surface area contributed by atoms with E-state index >= 15 is 0 Å². The zero-order valence-electron chi connectivity index (χ0n) is 10.5. The van der Waals surface area contributed by atoms with E-state index in [0.717, 1.165) is 11.5 Å².